The Hall–Kier alpha value is -5.31. The summed E-state index contributed by atoms with van der Waals surface area (Å²) < 4.78 is 32.8. The van der Waals surface area contributed by atoms with Gasteiger partial charge in [-0.1, -0.05) is 124 Å². The molecule has 0 aliphatic rings. The van der Waals surface area contributed by atoms with Gasteiger partial charge in [0.2, 0.25) is 0 Å². The zero-order valence-corrected chi connectivity index (χ0v) is 31.8. The van der Waals surface area contributed by atoms with Gasteiger partial charge in [0, 0.05) is 49.4 Å². The Morgan fingerprint density at radius 2 is 1.40 bits per heavy atom. The molecule has 0 radical (unpaired) electrons. The van der Waals surface area contributed by atoms with Gasteiger partial charge in [-0.05, 0) is 88.8 Å². The number of aromatic nitrogens is 2. The van der Waals surface area contributed by atoms with E-state index in [4.69, 9.17) is 14.1 Å². The Kier molecular flexibility index (Phi) is 9.38. The molecule has 2 aromatic heterocycles. The van der Waals surface area contributed by atoms with Gasteiger partial charge in [0.05, 0.1) is 5.69 Å². The second kappa shape index (κ2) is 15.5. The molecule has 7 aromatic rings. The van der Waals surface area contributed by atoms with Crippen LogP contribution in [0.3, 0.4) is 0 Å². The molecule has 0 saturated carbocycles. The molecule has 0 saturated heterocycles. The first-order valence-electron chi connectivity index (χ1n) is 19.1. The fraction of sp³-hybridized carbons (Fsp3) is 0.149. The topological polar surface area (TPSA) is 49.2 Å². The van der Waals surface area contributed by atoms with Crippen molar-refractivity contribution in [2.24, 2.45) is 0 Å². The van der Waals surface area contributed by atoms with E-state index in [0.717, 1.165) is 33.5 Å². The van der Waals surface area contributed by atoms with Crippen LogP contribution >= 0.6 is 0 Å². The zero-order valence-electron chi connectivity index (χ0n) is 33.5. The number of pyridine rings is 2. The number of hydrogen-bond donors (Lipinski definition) is 1. The zero-order chi connectivity index (χ0) is 39.0. The maximum atomic E-state index is 11.0. The number of hydrogen-bond acceptors (Lipinski definition) is 4. The van der Waals surface area contributed by atoms with Gasteiger partial charge in [0.15, 0.2) is 0 Å². The predicted octanol–water partition coefficient (Wildman–Crippen LogP) is 12.2. The molecule has 0 atom stereocenters. The van der Waals surface area contributed by atoms with Gasteiger partial charge in [-0.3, -0.25) is 4.98 Å². The van der Waals surface area contributed by atoms with E-state index in [1.807, 2.05) is 123 Å². The molecule has 0 amide bonds. The first-order chi connectivity index (χ1) is 26.2. The molecule has 0 aliphatic heterocycles. The number of aromatic hydroxyl groups is 1. The first kappa shape index (κ1) is 31.4. The number of rotatable bonds is 9. The number of anilines is 3. The summed E-state index contributed by atoms with van der Waals surface area (Å²) in [4.78, 5) is 12.1. The maximum Gasteiger partial charge on any atom is 0.136 e. The van der Waals surface area contributed by atoms with E-state index < -0.39 is 18.2 Å². The van der Waals surface area contributed by atoms with Gasteiger partial charge in [0.1, 0.15) is 11.6 Å². The maximum absolute atomic E-state index is 11.0. The average molecular weight is 864 g/mol. The van der Waals surface area contributed by atoms with E-state index in [1.54, 1.807) is 24.3 Å². The van der Waals surface area contributed by atoms with Crippen LogP contribution in [-0.2, 0) is 26.5 Å². The fourth-order valence-corrected chi connectivity index (χ4v) is 6.34. The third-order valence-corrected chi connectivity index (χ3v) is 9.38. The molecule has 0 fully saturated rings. The van der Waals surface area contributed by atoms with E-state index in [-0.39, 0.29) is 32.4 Å². The summed E-state index contributed by atoms with van der Waals surface area (Å²) in [5, 5.41) is 11.0. The summed E-state index contributed by atoms with van der Waals surface area (Å²) in [6.07, 6.45) is 1.81. The number of nitrogens with zero attached hydrogens (tertiary/aromatic N) is 3. The normalized spacial score (nSPS) is 12.8. The van der Waals surface area contributed by atoms with Crippen LogP contribution in [-0.4, -0.2) is 15.1 Å². The van der Waals surface area contributed by atoms with Gasteiger partial charge in [-0.15, -0.1) is 29.3 Å². The predicted molar refractivity (Wildman–Crippen MR) is 211 cm³/mol. The second-order valence-electron chi connectivity index (χ2n) is 13.5. The van der Waals surface area contributed by atoms with Crippen LogP contribution in [0.4, 0.5) is 17.2 Å². The Morgan fingerprint density at radius 1 is 0.731 bits per heavy atom. The molecular weight excluding hydrogens is 818 g/mol. The average Bonchev–Trinajstić information content (AvgIpc) is 3.18. The van der Waals surface area contributed by atoms with Crippen molar-refractivity contribution in [3.8, 4) is 39.4 Å². The first-order valence-corrected chi connectivity index (χ1v) is 17.1. The van der Waals surface area contributed by atoms with Crippen molar-refractivity contribution < 1.29 is 31.7 Å². The van der Waals surface area contributed by atoms with E-state index in [0.29, 0.717) is 34.0 Å². The van der Waals surface area contributed by atoms with Gasteiger partial charge < -0.3 is 10.0 Å². The Morgan fingerprint density at radius 3 is 2.10 bits per heavy atom. The van der Waals surface area contributed by atoms with E-state index >= 15 is 0 Å². The smallest absolute Gasteiger partial charge is 0.136 e. The van der Waals surface area contributed by atoms with Crippen LogP contribution < -0.4 is 4.90 Å². The third kappa shape index (κ3) is 7.64. The van der Waals surface area contributed by atoms with E-state index in [1.165, 1.54) is 0 Å². The quantitative estimate of drug-likeness (QED) is 0.147. The molecule has 5 aromatic carbocycles. The van der Waals surface area contributed by atoms with Crippen LogP contribution in [0.1, 0.15) is 61.3 Å². The molecule has 0 aliphatic carbocycles. The van der Waals surface area contributed by atoms with Gasteiger partial charge >= 0.3 is 0 Å². The van der Waals surface area contributed by atoms with Gasteiger partial charge in [-0.2, -0.15) is 0 Å². The number of phenolic OH excluding ortho intramolecular Hbond substituents is 1. The van der Waals surface area contributed by atoms with Gasteiger partial charge in [0.25, 0.3) is 0 Å². The Labute approximate surface area is 327 Å². The molecule has 1 N–H and O–H groups in total. The number of phenols is 1. The molecule has 0 unspecified atom stereocenters. The summed E-state index contributed by atoms with van der Waals surface area (Å²) in [6.45, 7) is 5.69. The summed E-state index contributed by atoms with van der Waals surface area (Å²) in [6, 6.07) is 50.0. The molecule has 2 heterocycles. The van der Waals surface area contributed by atoms with Crippen molar-refractivity contribution in [1.29, 1.82) is 0 Å². The molecule has 52 heavy (non-hydrogen) atoms. The minimum absolute atomic E-state index is 0. The minimum Gasteiger partial charge on any atom is -0.507 e. The van der Waals surface area contributed by atoms with Gasteiger partial charge in [-0.25, -0.2) is 4.98 Å². The van der Waals surface area contributed by atoms with Crippen molar-refractivity contribution in [2.75, 3.05) is 4.90 Å². The fourth-order valence-electron chi connectivity index (χ4n) is 6.34. The summed E-state index contributed by atoms with van der Waals surface area (Å²) in [7, 11) is 0. The van der Waals surface area contributed by atoms with Crippen LogP contribution in [0, 0.1) is 12.9 Å². The monoisotopic (exact) mass is 863 g/mol. The second-order valence-corrected chi connectivity index (χ2v) is 13.5. The van der Waals surface area contributed by atoms with Crippen molar-refractivity contribution in [3.05, 3.63) is 180 Å². The van der Waals surface area contributed by atoms with Crippen LogP contribution in [0.15, 0.2) is 152 Å². The number of aryl methyl sites for hydroxylation is 1. The molecule has 262 valence electrons. The van der Waals surface area contributed by atoms with Crippen LogP contribution in [0.2, 0.25) is 0 Å². The van der Waals surface area contributed by atoms with Crippen LogP contribution in [0.5, 0.6) is 5.75 Å². The molecule has 5 heteroatoms. The molecule has 0 bridgehead atoms. The molecule has 0 spiro atoms. The summed E-state index contributed by atoms with van der Waals surface area (Å²) in [5.74, 6) is -0.196. The van der Waals surface area contributed by atoms with Crippen LogP contribution in [0.25, 0.3) is 33.6 Å². The minimum atomic E-state index is -2.21. The Bertz CT molecular complexity index is 2450. The Balaban J connectivity index is 0.00000532. The van der Waals surface area contributed by atoms with Crippen molar-refractivity contribution in [1.82, 2.24) is 9.97 Å². The van der Waals surface area contributed by atoms with Crippen molar-refractivity contribution in [3.63, 3.8) is 0 Å². The summed E-state index contributed by atoms with van der Waals surface area (Å²) in [5.41, 5.74) is 8.32. The van der Waals surface area contributed by atoms with E-state index in [9.17, 15) is 6.48 Å². The number of benzene rings is 5. The number of para-hydroxylation sites is 2. The molecular formula is C47H42N3OPt-. The third-order valence-electron chi connectivity index (χ3n) is 9.38. The van der Waals surface area contributed by atoms with E-state index in [2.05, 4.69) is 43.0 Å². The largest absolute Gasteiger partial charge is 0.507 e. The SMILES string of the molecule is [2H]C([2H])([2H])c1ccc(C(C)(C)c2cc(-c3[c-]c(N(c4ccccc4)c4cc(-c5ccccc5)ccn4)cc(C([2H])(C)C)c3)nc(-c3ccccc3O)c2)cc1.[Pt]. The van der Waals surface area contributed by atoms with Crippen molar-refractivity contribution >= 4 is 17.2 Å². The standard InChI is InChI=1S/C47H42N3O.Pt/c1-32(2)36-26-37(28-41(27-36)50(40-16-10-7-11-17-40)46-29-35(24-25-48-46)34-14-8-6-9-15-34)43-30-39(47(4,5)38-22-20-33(3)21-23-38)31-44(49-43)42-18-12-13-19-45(42)51;/h6-27,29-32,51H,1-5H3;/q-1;/i3D3,32D;. The molecule has 7 rings (SSSR count). The summed E-state index contributed by atoms with van der Waals surface area (Å²) >= 11 is 0. The molecule has 4 nitrogen and oxygen atoms in total. The van der Waals surface area contributed by atoms with Crippen molar-refractivity contribution in [2.45, 2.75) is 45.9 Å².